The highest BCUT2D eigenvalue weighted by molar-refractivity contribution is 9.10. The molecule has 0 bridgehead atoms. The number of benzene rings is 1. The maximum atomic E-state index is 11.5. The Balaban J connectivity index is 2.74. The van der Waals surface area contributed by atoms with E-state index in [1.54, 1.807) is 18.2 Å². The van der Waals surface area contributed by atoms with Gasteiger partial charge >= 0.3 is 5.63 Å². The van der Waals surface area contributed by atoms with Crippen LogP contribution in [0.15, 0.2) is 37.9 Å². The van der Waals surface area contributed by atoms with Gasteiger partial charge in [0.25, 0.3) is 0 Å². The monoisotopic (exact) mass is 281 g/mol. The second kappa shape index (κ2) is 4.19. The summed E-state index contributed by atoms with van der Waals surface area (Å²) < 4.78 is 5.87. The molecule has 2 aromatic rings. The Kier molecular flexibility index (Phi) is 2.89. The molecule has 0 saturated carbocycles. The number of halogens is 1. The van der Waals surface area contributed by atoms with Crippen molar-refractivity contribution in [1.82, 2.24) is 0 Å². The molecule has 2 rings (SSSR count). The van der Waals surface area contributed by atoms with Gasteiger partial charge in [0.1, 0.15) is 11.1 Å². The summed E-state index contributed by atoms with van der Waals surface area (Å²) in [4.78, 5) is 22.8. The van der Waals surface area contributed by atoms with Crippen molar-refractivity contribution in [2.24, 2.45) is 5.73 Å². The molecule has 0 fully saturated rings. The van der Waals surface area contributed by atoms with Crippen molar-refractivity contribution in [3.05, 3.63) is 44.7 Å². The van der Waals surface area contributed by atoms with Crippen molar-refractivity contribution in [2.75, 3.05) is 6.54 Å². The summed E-state index contributed by atoms with van der Waals surface area (Å²) in [5.41, 5.74) is 5.00. The largest absolute Gasteiger partial charge is 0.422 e. The van der Waals surface area contributed by atoms with Crippen LogP contribution in [0.4, 0.5) is 0 Å². The van der Waals surface area contributed by atoms with E-state index >= 15 is 0 Å². The van der Waals surface area contributed by atoms with Gasteiger partial charge in [-0.05, 0) is 24.3 Å². The van der Waals surface area contributed by atoms with E-state index in [0.29, 0.717) is 11.0 Å². The molecule has 0 aliphatic rings. The van der Waals surface area contributed by atoms with Gasteiger partial charge in [0, 0.05) is 9.86 Å². The van der Waals surface area contributed by atoms with Crippen LogP contribution >= 0.6 is 15.9 Å². The zero-order valence-corrected chi connectivity index (χ0v) is 9.78. The highest BCUT2D eigenvalue weighted by Gasteiger charge is 2.11. The minimum absolute atomic E-state index is 0.00639. The number of hydrogen-bond acceptors (Lipinski definition) is 4. The molecule has 0 atom stereocenters. The van der Waals surface area contributed by atoms with E-state index < -0.39 is 11.4 Å². The van der Waals surface area contributed by atoms with E-state index in [2.05, 4.69) is 15.9 Å². The molecule has 0 amide bonds. The highest BCUT2D eigenvalue weighted by atomic mass is 79.9. The second-order valence-corrected chi connectivity index (χ2v) is 4.17. The lowest BCUT2D eigenvalue weighted by atomic mass is 10.1. The predicted octanol–water partition coefficient (Wildman–Crippen LogP) is 1.70. The Bertz CT molecular complexity index is 618. The van der Waals surface area contributed by atoms with Crippen LogP contribution in [0.25, 0.3) is 11.0 Å². The van der Waals surface area contributed by atoms with Crippen molar-refractivity contribution in [2.45, 2.75) is 0 Å². The van der Waals surface area contributed by atoms with Gasteiger partial charge in [-0.25, -0.2) is 4.79 Å². The van der Waals surface area contributed by atoms with Crippen molar-refractivity contribution in [3.63, 3.8) is 0 Å². The van der Waals surface area contributed by atoms with Gasteiger partial charge < -0.3 is 10.2 Å². The molecule has 16 heavy (non-hydrogen) atoms. The van der Waals surface area contributed by atoms with Crippen molar-refractivity contribution >= 4 is 32.7 Å². The van der Waals surface area contributed by atoms with Crippen LogP contribution in [0.2, 0.25) is 0 Å². The lowest BCUT2D eigenvalue weighted by Crippen LogP contribution is -2.21. The fourth-order valence-corrected chi connectivity index (χ4v) is 1.78. The molecule has 2 N–H and O–H groups in total. The molecule has 0 unspecified atom stereocenters. The zero-order valence-electron chi connectivity index (χ0n) is 8.20. The molecule has 0 saturated heterocycles. The smallest absolute Gasteiger partial charge is 0.347 e. The van der Waals surface area contributed by atoms with E-state index in [0.717, 1.165) is 4.47 Å². The first-order chi connectivity index (χ1) is 7.61. The van der Waals surface area contributed by atoms with E-state index in [9.17, 15) is 9.59 Å². The van der Waals surface area contributed by atoms with Crippen LogP contribution in [0.3, 0.4) is 0 Å². The van der Waals surface area contributed by atoms with Gasteiger partial charge in [0.2, 0.25) is 0 Å². The van der Waals surface area contributed by atoms with Crippen LogP contribution in [0.5, 0.6) is 0 Å². The number of nitrogens with two attached hydrogens (primary N) is 1. The quantitative estimate of drug-likeness (QED) is 0.672. The summed E-state index contributed by atoms with van der Waals surface area (Å²) >= 11 is 3.30. The van der Waals surface area contributed by atoms with E-state index in [1.807, 2.05) is 0 Å². The molecular formula is C11H8BrNO3. The number of fused-ring (bicyclic) bond motifs is 1. The number of Topliss-reactive ketones (excluding diaryl/α,β-unsaturated/α-hetero) is 1. The van der Waals surface area contributed by atoms with Crippen LogP contribution in [-0.2, 0) is 0 Å². The molecule has 0 aliphatic heterocycles. The van der Waals surface area contributed by atoms with E-state index in [1.165, 1.54) is 6.07 Å². The predicted molar refractivity (Wildman–Crippen MR) is 63.6 cm³/mol. The van der Waals surface area contributed by atoms with Gasteiger partial charge in [-0.3, -0.25) is 4.79 Å². The van der Waals surface area contributed by atoms with Crippen LogP contribution in [0, 0.1) is 0 Å². The molecule has 0 aliphatic carbocycles. The Labute approximate surface area is 99.2 Å². The molecule has 1 aromatic heterocycles. The maximum Gasteiger partial charge on any atom is 0.347 e. The zero-order chi connectivity index (χ0) is 11.7. The first-order valence-electron chi connectivity index (χ1n) is 4.58. The SMILES string of the molecule is NCC(=O)c1cc2cc(Br)ccc2oc1=O. The molecule has 4 nitrogen and oxygen atoms in total. The van der Waals surface area contributed by atoms with Crippen molar-refractivity contribution in [1.29, 1.82) is 0 Å². The van der Waals surface area contributed by atoms with Gasteiger partial charge in [0.05, 0.1) is 6.54 Å². The number of carbonyl (C=O) groups excluding carboxylic acids is 1. The molecule has 0 radical (unpaired) electrons. The van der Waals surface area contributed by atoms with Gasteiger partial charge in [0.15, 0.2) is 5.78 Å². The summed E-state index contributed by atoms with van der Waals surface area (Å²) in [6.45, 7) is -0.204. The summed E-state index contributed by atoms with van der Waals surface area (Å²) in [7, 11) is 0. The minimum atomic E-state index is -0.648. The summed E-state index contributed by atoms with van der Waals surface area (Å²) in [5, 5.41) is 0.686. The summed E-state index contributed by atoms with van der Waals surface area (Å²) in [6, 6.07) is 6.69. The van der Waals surface area contributed by atoms with Crippen molar-refractivity contribution < 1.29 is 9.21 Å². The molecule has 82 valence electrons. The first kappa shape index (κ1) is 11.0. The lowest BCUT2D eigenvalue weighted by Gasteiger charge is -2.00. The molecule has 0 spiro atoms. The number of hydrogen-bond donors (Lipinski definition) is 1. The Morgan fingerprint density at radius 3 is 2.81 bits per heavy atom. The molecule has 1 aromatic carbocycles. The maximum absolute atomic E-state index is 11.5. The number of carbonyl (C=O) groups is 1. The fraction of sp³-hybridized carbons (Fsp3) is 0.0909. The number of rotatable bonds is 2. The van der Waals surface area contributed by atoms with Gasteiger partial charge in [-0.2, -0.15) is 0 Å². The van der Waals surface area contributed by atoms with E-state index in [4.69, 9.17) is 10.2 Å². The highest BCUT2D eigenvalue weighted by Crippen LogP contribution is 2.19. The molecule has 1 heterocycles. The van der Waals surface area contributed by atoms with Crippen LogP contribution < -0.4 is 11.4 Å². The average Bonchev–Trinajstić information content (AvgIpc) is 2.28. The molecular weight excluding hydrogens is 274 g/mol. The summed E-state index contributed by atoms with van der Waals surface area (Å²) in [5.74, 6) is -0.421. The topological polar surface area (TPSA) is 73.3 Å². The van der Waals surface area contributed by atoms with Gasteiger partial charge in [-0.15, -0.1) is 0 Å². The summed E-state index contributed by atoms with van der Waals surface area (Å²) in [6.07, 6.45) is 0. The van der Waals surface area contributed by atoms with E-state index in [-0.39, 0.29) is 12.1 Å². The minimum Gasteiger partial charge on any atom is -0.422 e. The normalized spacial score (nSPS) is 10.6. The third-order valence-corrected chi connectivity index (χ3v) is 2.67. The Hall–Kier alpha value is -1.46. The Morgan fingerprint density at radius 2 is 2.12 bits per heavy atom. The Morgan fingerprint density at radius 1 is 1.38 bits per heavy atom. The second-order valence-electron chi connectivity index (χ2n) is 3.26. The van der Waals surface area contributed by atoms with Crippen molar-refractivity contribution in [3.8, 4) is 0 Å². The first-order valence-corrected chi connectivity index (χ1v) is 5.38. The van der Waals surface area contributed by atoms with Crippen LogP contribution in [0.1, 0.15) is 10.4 Å². The average molecular weight is 282 g/mol. The van der Waals surface area contributed by atoms with Crippen LogP contribution in [-0.4, -0.2) is 12.3 Å². The third-order valence-electron chi connectivity index (χ3n) is 2.18. The standard InChI is InChI=1S/C11H8BrNO3/c12-7-1-2-10-6(3-7)4-8(9(14)5-13)11(15)16-10/h1-4H,5,13H2. The fourth-order valence-electron chi connectivity index (χ4n) is 1.40. The number of ketones is 1. The molecule has 5 heteroatoms. The lowest BCUT2D eigenvalue weighted by molar-refractivity contribution is 0.0998. The van der Waals surface area contributed by atoms with Gasteiger partial charge in [-0.1, -0.05) is 15.9 Å². The third kappa shape index (κ3) is 1.91.